The molecule has 0 amide bonds. The summed E-state index contributed by atoms with van der Waals surface area (Å²) in [4.78, 5) is 13.6. The number of ether oxygens (including phenoxy) is 2. The molecule has 0 spiro atoms. The maximum Gasteiger partial charge on any atom is 0.324 e. The summed E-state index contributed by atoms with van der Waals surface area (Å²) in [6.07, 6.45) is 0.890. The predicted molar refractivity (Wildman–Crippen MR) is 59.5 cm³/mol. The Morgan fingerprint density at radius 2 is 1.88 bits per heavy atom. The van der Waals surface area contributed by atoms with Gasteiger partial charge >= 0.3 is 12.0 Å². The molecule has 0 atom stereocenters. The molecule has 0 aliphatic rings. The van der Waals surface area contributed by atoms with Crippen LogP contribution in [0.2, 0.25) is 0 Å². The Morgan fingerprint density at radius 1 is 1.19 bits per heavy atom. The molecule has 7 heteroatoms. The third kappa shape index (κ3) is 4.26. The van der Waals surface area contributed by atoms with Crippen molar-refractivity contribution in [1.82, 2.24) is 19.9 Å². The number of hydrogen-bond acceptors (Lipinski definition) is 7. The van der Waals surface area contributed by atoms with E-state index in [1.54, 1.807) is 0 Å². The van der Waals surface area contributed by atoms with Crippen LogP contribution < -0.4 is 15.2 Å². The zero-order chi connectivity index (χ0) is 12.0. The third-order valence-corrected chi connectivity index (χ3v) is 1.78. The lowest BCUT2D eigenvalue weighted by molar-refractivity contribution is 0.257. The smallest absolute Gasteiger partial charge is 0.324 e. The molecule has 16 heavy (non-hydrogen) atoms. The number of methoxy groups -OCH3 is 1. The van der Waals surface area contributed by atoms with E-state index in [9.17, 15) is 0 Å². The van der Waals surface area contributed by atoms with E-state index in [1.165, 1.54) is 7.11 Å². The molecule has 1 heterocycles. The van der Waals surface area contributed by atoms with Gasteiger partial charge in [-0.15, -0.1) is 4.98 Å². The summed E-state index contributed by atoms with van der Waals surface area (Å²) in [5.74, 6) is 0.0921. The van der Waals surface area contributed by atoms with E-state index in [-0.39, 0.29) is 18.0 Å². The fourth-order valence-electron chi connectivity index (χ4n) is 1.05. The van der Waals surface area contributed by atoms with Crippen LogP contribution in [0.25, 0.3) is 0 Å². The minimum Gasteiger partial charge on any atom is -0.467 e. The molecule has 90 valence electrons. The monoisotopic (exact) mass is 227 g/mol. The summed E-state index contributed by atoms with van der Waals surface area (Å²) in [6, 6.07) is 0.359. The topological polar surface area (TPSA) is 86.4 Å². The van der Waals surface area contributed by atoms with E-state index in [1.807, 2.05) is 14.1 Å². The Labute approximate surface area is 94.6 Å². The predicted octanol–water partition coefficient (Wildman–Crippen LogP) is -0.207. The van der Waals surface area contributed by atoms with Crippen LogP contribution in [0.1, 0.15) is 6.42 Å². The maximum absolute atomic E-state index is 5.46. The Balaban J connectivity index is 2.44. The lowest BCUT2D eigenvalue weighted by Gasteiger charge is -2.09. The van der Waals surface area contributed by atoms with Crippen LogP contribution in [0.4, 0.5) is 5.95 Å². The van der Waals surface area contributed by atoms with Gasteiger partial charge in [0.05, 0.1) is 13.7 Å². The minimum absolute atomic E-state index is 0.0921. The minimum atomic E-state index is 0.0921. The zero-order valence-electron chi connectivity index (χ0n) is 9.80. The first-order chi connectivity index (χ1) is 7.61. The van der Waals surface area contributed by atoms with Crippen molar-refractivity contribution < 1.29 is 9.47 Å². The van der Waals surface area contributed by atoms with Crippen LogP contribution >= 0.6 is 0 Å². The van der Waals surface area contributed by atoms with Gasteiger partial charge in [0.2, 0.25) is 5.95 Å². The van der Waals surface area contributed by atoms with Gasteiger partial charge in [-0.3, -0.25) is 0 Å². The van der Waals surface area contributed by atoms with Crippen molar-refractivity contribution in [2.75, 3.05) is 40.1 Å². The standard InChI is InChI=1S/C9H17N5O2/c1-14(2)5-4-6-16-9-12-7(10)11-8(13-9)15-3/h4-6H2,1-3H3,(H2,10,11,12,13). The molecule has 0 saturated carbocycles. The molecule has 0 bridgehead atoms. The fraction of sp³-hybridized carbons (Fsp3) is 0.667. The maximum atomic E-state index is 5.46. The molecule has 0 unspecified atom stereocenters. The van der Waals surface area contributed by atoms with Gasteiger partial charge in [-0.25, -0.2) is 0 Å². The van der Waals surface area contributed by atoms with Crippen LogP contribution in [0.3, 0.4) is 0 Å². The van der Waals surface area contributed by atoms with E-state index in [0.717, 1.165) is 13.0 Å². The summed E-state index contributed by atoms with van der Waals surface area (Å²) >= 11 is 0. The largest absolute Gasteiger partial charge is 0.467 e. The molecular weight excluding hydrogens is 210 g/mol. The molecule has 0 fully saturated rings. The van der Waals surface area contributed by atoms with Crippen molar-refractivity contribution in [3.8, 4) is 12.0 Å². The molecule has 0 aliphatic carbocycles. The van der Waals surface area contributed by atoms with E-state index in [2.05, 4.69) is 19.9 Å². The first-order valence-electron chi connectivity index (χ1n) is 4.95. The van der Waals surface area contributed by atoms with Crippen molar-refractivity contribution in [3.05, 3.63) is 0 Å². The lowest BCUT2D eigenvalue weighted by atomic mass is 10.4. The highest BCUT2D eigenvalue weighted by molar-refractivity contribution is 5.20. The summed E-state index contributed by atoms with van der Waals surface area (Å²) in [6.45, 7) is 1.47. The first-order valence-corrected chi connectivity index (χ1v) is 4.95. The van der Waals surface area contributed by atoms with Crippen LogP contribution in [-0.2, 0) is 0 Å². The van der Waals surface area contributed by atoms with Crippen molar-refractivity contribution in [2.45, 2.75) is 6.42 Å². The van der Waals surface area contributed by atoms with Gasteiger partial charge in [-0.1, -0.05) is 0 Å². The quantitative estimate of drug-likeness (QED) is 0.673. The molecule has 1 aromatic rings. The van der Waals surface area contributed by atoms with Gasteiger partial charge < -0.3 is 20.1 Å². The summed E-state index contributed by atoms with van der Waals surface area (Å²) < 4.78 is 10.2. The summed E-state index contributed by atoms with van der Waals surface area (Å²) in [7, 11) is 5.47. The molecule has 0 radical (unpaired) electrons. The average Bonchev–Trinajstić information content (AvgIpc) is 2.23. The van der Waals surface area contributed by atoms with Gasteiger partial charge in [-0.2, -0.15) is 9.97 Å². The molecule has 0 aliphatic heterocycles. The van der Waals surface area contributed by atoms with Crippen molar-refractivity contribution in [3.63, 3.8) is 0 Å². The Morgan fingerprint density at radius 3 is 2.50 bits per heavy atom. The lowest BCUT2D eigenvalue weighted by Crippen LogP contribution is -2.16. The Kier molecular flexibility index (Phi) is 4.71. The van der Waals surface area contributed by atoms with Gasteiger partial charge in [0, 0.05) is 6.54 Å². The molecule has 0 aromatic carbocycles. The van der Waals surface area contributed by atoms with E-state index < -0.39 is 0 Å². The van der Waals surface area contributed by atoms with Crippen molar-refractivity contribution in [2.24, 2.45) is 0 Å². The van der Waals surface area contributed by atoms with E-state index >= 15 is 0 Å². The number of anilines is 1. The Bertz CT molecular complexity index is 332. The SMILES string of the molecule is COc1nc(N)nc(OCCCN(C)C)n1. The van der Waals surface area contributed by atoms with Crippen molar-refractivity contribution >= 4 is 5.95 Å². The van der Waals surface area contributed by atoms with Crippen LogP contribution in [0.5, 0.6) is 12.0 Å². The van der Waals surface area contributed by atoms with Gasteiger partial charge in [0.1, 0.15) is 0 Å². The Hall–Kier alpha value is -1.63. The molecule has 2 N–H and O–H groups in total. The van der Waals surface area contributed by atoms with E-state index in [4.69, 9.17) is 15.2 Å². The van der Waals surface area contributed by atoms with E-state index in [0.29, 0.717) is 6.61 Å². The average molecular weight is 227 g/mol. The number of hydrogen-bond donors (Lipinski definition) is 1. The van der Waals surface area contributed by atoms with Crippen LogP contribution in [0.15, 0.2) is 0 Å². The fourth-order valence-corrected chi connectivity index (χ4v) is 1.05. The number of nitrogens with two attached hydrogens (primary N) is 1. The third-order valence-electron chi connectivity index (χ3n) is 1.78. The number of nitrogens with zero attached hydrogens (tertiary/aromatic N) is 4. The normalized spacial score (nSPS) is 10.5. The summed E-state index contributed by atoms with van der Waals surface area (Å²) in [5.41, 5.74) is 5.46. The number of nitrogen functional groups attached to an aromatic ring is 1. The number of rotatable bonds is 6. The highest BCUT2D eigenvalue weighted by atomic mass is 16.5. The van der Waals surface area contributed by atoms with Crippen LogP contribution in [0, 0.1) is 0 Å². The second kappa shape index (κ2) is 6.06. The highest BCUT2D eigenvalue weighted by Crippen LogP contribution is 2.10. The first kappa shape index (κ1) is 12.4. The zero-order valence-corrected chi connectivity index (χ0v) is 9.80. The molecular formula is C9H17N5O2. The molecule has 7 nitrogen and oxygen atoms in total. The highest BCUT2D eigenvalue weighted by Gasteiger charge is 2.05. The van der Waals surface area contributed by atoms with Crippen molar-refractivity contribution in [1.29, 1.82) is 0 Å². The molecule has 1 rings (SSSR count). The molecule has 0 saturated heterocycles. The molecule has 1 aromatic heterocycles. The second-order valence-electron chi connectivity index (χ2n) is 3.47. The number of aromatic nitrogens is 3. The van der Waals surface area contributed by atoms with Gasteiger partial charge in [-0.05, 0) is 20.5 Å². The summed E-state index contributed by atoms with van der Waals surface area (Å²) in [5, 5.41) is 0. The van der Waals surface area contributed by atoms with Gasteiger partial charge in [0.15, 0.2) is 0 Å². The van der Waals surface area contributed by atoms with Gasteiger partial charge in [0.25, 0.3) is 0 Å². The second-order valence-corrected chi connectivity index (χ2v) is 3.47. The van der Waals surface area contributed by atoms with Crippen LogP contribution in [-0.4, -0.2) is 54.2 Å².